The number of amides is 2. The minimum atomic E-state index is -1.17. The monoisotopic (exact) mass is 411 g/mol. The van der Waals surface area contributed by atoms with Crippen molar-refractivity contribution in [3.63, 3.8) is 0 Å². The van der Waals surface area contributed by atoms with Crippen molar-refractivity contribution in [3.8, 4) is 5.75 Å². The highest BCUT2D eigenvalue weighted by Crippen LogP contribution is 2.38. The standard InChI is InChI=1S/C22H22FN3O4/c1-13-15-5-4-6-19(16(15)9-10-25(13)29)30-12-20(27)26-18-8-7-14(23)11-17(18)24-21(28)22(26,2)3/h4-11,13,29H,12H2,1-3H3,(H,24,28). The Morgan fingerprint density at radius 3 is 2.83 bits per heavy atom. The minimum absolute atomic E-state index is 0.240. The zero-order chi connectivity index (χ0) is 21.6. The summed E-state index contributed by atoms with van der Waals surface area (Å²) in [4.78, 5) is 27.0. The number of halogens is 1. The van der Waals surface area contributed by atoms with E-state index in [1.807, 2.05) is 13.0 Å². The first-order valence-electron chi connectivity index (χ1n) is 9.55. The summed E-state index contributed by atoms with van der Waals surface area (Å²) in [5.41, 5.74) is 1.12. The van der Waals surface area contributed by atoms with E-state index in [1.54, 1.807) is 32.1 Å². The third-order valence-corrected chi connectivity index (χ3v) is 5.50. The van der Waals surface area contributed by atoms with Gasteiger partial charge in [0.15, 0.2) is 6.61 Å². The summed E-state index contributed by atoms with van der Waals surface area (Å²) in [6, 6.07) is 9.05. The van der Waals surface area contributed by atoms with Gasteiger partial charge in [0.2, 0.25) is 5.91 Å². The van der Waals surface area contributed by atoms with Gasteiger partial charge >= 0.3 is 0 Å². The molecule has 0 saturated heterocycles. The highest BCUT2D eigenvalue weighted by atomic mass is 19.1. The highest BCUT2D eigenvalue weighted by Gasteiger charge is 2.43. The van der Waals surface area contributed by atoms with Gasteiger partial charge in [0, 0.05) is 11.8 Å². The molecule has 156 valence electrons. The molecular weight excluding hydrogens is 389 g/mol. The zero-order valence-electron chi connectivity index (χ0n) is 16.8. The number of nitrogens with zero attached hydrogens (tertiary/aromatic N) is 2. The molecule has 0 saturated carbocycles. The zero-order valence-corrected chi connectivity index (χ0v) is 16.8. The molecule has 2 N–H and O–H groups in total. The Labute approximate surface area is 173 Å². The first kappa shape index (κ1) is 19.9. The molecule has 1 unspecified atom stereocenters. The number of ether oxygens (including phenoxy) is 1. The quantitative estimate of drug-likeness (QED) is 0.805. The molecule has 2 aliphatic heterocycles. The second-order valence-corrected chi connectivity index (χ2v) is 7.82. The predicted molar refractivity (Wildman–Crippen MR) is 110 cm³/mol. The van der Waals surface area contributed by atoms with Crippen molar-refractivity contribution in [1.29, 1.82) is 0 Å². The molecule has 0 bridgehead atoms. The molecule has 0 fully saturated rings. The third kappa shape index (κ3) is 3.19. The fraction of sp³-hybridized carbons (Fsp3) is 0.273. The Bertz CT molecular complexity index is 1070. The van der Waals surface area contributed by atoms with E-state index in [0.717, 1.165) is 16.2 Å². The van der Waals surface area contributed by atoms with Gasteiger partial charge in [-0.15, -0.1) is 0 Å². The van der Waals surface area contributed by atoms with Crippen molar-refractivity contribution in [3.05, 3.63) is 59.5 Å². The smallest absolute Gasteiger partial charge is 0.265 e. The average Bonchev–Trinajstić information content (AvgIpc) is 2.70. The van der Waals surface area contributed by atoms with Crippen molar-refractivity contribution in [2.24, 2.45) is 0 Å². The van der Waals surface area contributed by atoms with Crippen LogP contribution in [0.5, 0.6) is 5.75 Å². The van der Waals surface area contributed by atoms with E-state index in [9.17, 15) is 19.2 Å². The van der Waals surface area contributed by atoms with Crippen LogP contribution < -0.4 is 15.0 Å². The molecule has 0 radical (unpaired) electrons. The summed E-state index contributed by atoms with van der Waals surface area (Å²) in [6.07, 6.45) is 3.25. The molecule has 4 rings (SSSR count). The van der Waals surface area contributed by atoms with Gasteiger partial charge in [0.25, 0.3) is 5.91 Å². The molecule has 2 aromatic carbocycles. The van der Waals surface area contributed by atoms with Gasteiger partial charge < -0.3 is 10.1 Å². The van der Waals surface area contributed by atoms with Gasteiger partial charge in [0.05, 0.1) is 17.4 Å². The summed E-state index contributed by atoms with van der Waals surface area (Å²) in [5, 5.41) is 13.6. The summed E-state index contributed by atoms with van der Waals surface area (Å²) in [5.74, 6) is -0.856. The Balaban J connectivity index is 1.61. The largest absolute Gasteiger partial charge is 0.483 e. The van der Waals surface area contributed by atoms with Crippen LogP contribution in [0.2, 0.25) is 0 Å². The molecule has 0 spiro atoms. The molecule has 2 aliphatic rings. The molecule has 0 aliphatic carbocycles. The fourth-order valence-corrected chi connectivity index (χ4v) is 3.78. The third-order valence-electron chi connectivity index (χ3n) is 5.50. The second-order valence-electron chi connectivity index (χ2n) is 7.82. The SMILES string of the molecule is CC1c2cccc(OCC(=O)N3c4ccc(F)cc4NC(=O)C3(C)C)c2C=CN1O. The molecule has 2 aromatic rings. The summed E-state index contributed by atoms with van der Waals surface area (Å²) in [7, 11) is 0. The van der Waals surface area contributed by atoms with E-state index in [4.69, 9.17) is 4.74 Å². The lowest BCUT2D eigenvalue weighted by atomic mass is 9.96. The lowest BCUT2D eigenvalue weighted by Crippen LogP contribution is -2.59. The van der Waals surface area contributed by atoms with Crippen LogP contribution in [-0.4, -0.2) is 34.2 Å². The van der Waals surface area contributed by atoms with E-state index in [1.165, 1.54) is 29.3 Å². The summed E-state index contributed by atoms with van der Waals surface area (Å²) in [6.45, 7) is 4.78. The van der Waals surface area contributed by atoms with E-state index < -0.39 is 23.2 Å². The molecule has 0 aromatic heterocycles. The number of carbonyl (C=O) groups is 2. The first-order chi connectivity index (χ1) is 14.2. The molecule has 7 nitrogen and oxygen atoms in total. The van der Waals surface area contributed by atoms with Crippen molar-refractivity contribution in [2.75, 3.05) is 16.8 Å². The van der Waals surface area contributed by atoms with Gasteiger partial charge in [-0.3, -0.25) is 24.8 Å². The normalized spacial score (nSPS) is 19.1. The lowest BCUT2D eigenvalue weighted by Gasteiger charge is -2.42. The number of hydroxylamine groups is 2. The minimum Gasteiger partial charge on any atom is -0.483 e. The maximum atomic E-state index is 13.6. The summed E-state index contributed by atoms with van der Waals surface area (Å²) >= 11 is 0. The molecule has 2 heterocycles. The topological polar surface area (TPSA) is 82.1 Å². The van der Waals surface area contributed by atoms with Crippen LogP contribution in [0.3, 0.4) is 0 Å². The van der Waals surface area contributed by atoms with Crippen molar-refractivity contribution in [1.82, 2.24) is 5.06 Å². The number of benzene rings is 2. The maximum Gasteiger partial charge on any atom is 0.265 e. The van der Waals surface area contributed by atoms with Gasteiger partial charge in [-0.1, -0.05) is 12.1 Å². The van der Waals surface area contributed by atoms with Gasteiger partial charge in [-0.2, -0.15) is 0 Å². The van der Waals surface area contributed by atoms with Crippen molar-refractivity contribution >= 4 is 29.3 Å². The van der Waals surface area contributed by atoms with Crippen LogP contribution in [0.4, 0.5) is 15.8 Å². The number of hydrogen-bond donors (Lipinski definition) is 2. The van der Waals surface area contributed by atoms with Crippen LogP contribution in [0, 0.1) is 5.82 Å². The van der Waals surface area contributed by atoms with Crippen LogP contribution in [0.25, 0.3) is 6.08 Å². The van der Waals surface area contributed by atoms with Gasteiger partial charge in [0.1, 0.15) is 17.1 Å². The van der Waals surface area contributed by atoms with Crippen molar-refractivity contribution < 1.29 is 23.9 Å². The van der Waals surface area contributed by atoms with Crippen LogP contribution >= 0.6 is 0 Å². The Hall–Kier alpha value is -3.39. The van der Waals surface area contributed by atoms with Crippen LogP contribution in [0.15, 0.2) is 42.6 Å². The van der Waals surface area contributed by atoms with Gasteiger partial charge in [-0.05, 0) is 56.7 Å². The van der Waals surface area contributed by atoms with Gasteiger partial charge in [-0.25, -0.2) is 4.39 Å². The molecule has 1 atom stereocenters. The van der Waals surface area contributed by atoms with E-state index in [0.29, 0.717) is 11.4 Å². The van der Waals surface area contributed by atoms with Crippen LogP contribution in [-0.2, 0) is 9.59 Å². The number of anilines is 2. The number of nitrogens with one attached hydrogen (secondary N) is 1. The molecule has 8 heteroatoms. The molecule has 2 amide bonds. The lowest BCUT2D eigenvalue weighted by molar-refractivity contribution is -0.127. The number of hydrogen-bond acceptors (Lipinski definition) is 5. The second kappa shape index (κ2) is 7.14. The number of rotatable bonds is 3. The average molecular weight is 411 g/mol. The Morgan fingerprint density at radius 2 is 2.07 bits per heavy atom. The first-order valence-corrected chi connectivity index (χ1v) is 9.55. The Morgan fingerprint density at radius 1 is 1.30 bits per heavy atom. The Kier molecular flexibility index (Phi) is 4.74. The predicted octanol–water partition coefficient (Wildman–Crippen LogP) is 3.70. The maximum absolute atomic E-state index is 13.6. The fourth-order valence-electron chi connectivity index (χ4n) is 3.78. The van der Waals surface area contributed by atoms with E-state index in [-0.39, 0.29) is 18.3 Å². The van der Waals surface area contributed by atoms with Crippen LogP contribution in [0.1, 0.15) is 37.9 Å². The van der Waals surface area contributed by atoms with E-state index in [2.05, 4.69) is 5.32 Å². The number of carbonyl (C=O) groups excluding carboxylic acids is 2. The molecule has 30 heavy (non-hydrogen) atoms. The van der Waals surface area contributed by atoms with E-state index >= 15 is 0 Å². The number of fused-ring (bicyclic) bond motifs is 2. The van der Waals surface area contributed by atoms with Crippen molar-refractivity contribution in [2.45, 2.75) is 32.4 Å². The highest BCUT2D eigenvalue weighted by molar-refractivity contribution is 6.14. The molecular formula is C22H22FN3O4. The summed E-state index contributed by atoms with van der Waals surface area (Å²) < 4.78 is 19.4.